The predicted octanol–water partition coefficient (Wildman–Crippen LogP) is 1.47. The second-order valence-electron chi connectivity index (χ2n) is 3.51. The second-order valence-corrected chi connectivity index (χ2v) is 3.99. The van der Waals surface area contributed by atoms with Crippen LogP contribution in [0.4, 0.5) is 4.39 Å². The lowest BCUT2D eigenvalue weighted by Crippen LogP contribution is -2.25. The molecule has 1 aromatic carbocycles. The molecule has 5 nitrogen and oxygen atoms in total. The zero-order valence-corrected chi connectivity index (χ0v) is 10.2. The third-order valence-electron chi connectivity index (χ3n) is 2.24. The number of aromatic nitrogens is 2. The van der Waals surface area contributed by atoms with Crippen molar-refractivity contribution in [3.63, 3.8) is 0 Å². The van der Waals surface area contributed by atoms with Crippen molar-refractivity contribution in [1.29, 1.82) is 0 Å². The van der Waals surface area contributed by atoms with Crippen molar-refractivity contribution in [2.75, 3.05) is 6.54 Å². The molecule has 2 rings (SSSR count). The van der Waals surface area contributed by atoms with Crippen LogP contribution in [-0.4, -0.2) is 22.6 Å². The van der Waals surface area contributed by atoms with Gasteiger partial charge < -0.3 is 9.84 Å². The van der Waals surface area contributed by atoms with Crippen molar-refractivity contribution in [1.82, 2.24) is 15.5 Å². The highest BCUT2D eigenvalue weighted by atomic mass is 32.1. The molecule has 2 aromatic rings. The summed E-state index contributed by atoms with van der Waals surface area (Å²) >= 11 is 3.91. The summed E-state index contributed by atoms with van der Waals surface area (Å²) in [5.74, 6) is -0.310. The highest BCUT2D eigenvalue weighted by Crippen LogP contribution is 2.14. The number of thiol groups is 1. The van der Waals surface area contributed by atoms with Crippen molar-refractivity contribution >= 4 is 18.5 Å². The highest BCUT2D eigenvalue weighted by Gasteiger charge is 2.08. The zero-order valence-electron chi connectivity index (χ0n) is 9.26. The van der Waals surface area contributed by atoms with Gasteiger partial charge >= 0.3 is 0 Å². The number of rotatable bonds is 4. The lowest BCUT2D eigenvalue weighted by Gasteiger charge is -2.04. The number of halogens is 1. The number of hydrogen-bond acceptors (Lipinski definition) is 5. The third kappa shape index (κ3) is 3.07. The van der Waals surface area contributed by atoms with E-state index in [2.05, 4.69) is 28.1 Å². The summed E-state index contributed by atoms with van der Waals surface area (Å²) in [4.78, 5) is 15.7. The molecule has 0 saturated carbocycles. The molecule has 1 aromatic heterocycles. The Morgan fingerprint density at radius 3 is 3.00 bits per heavy atom. The summed E-state index contributed by atoms with van der Waals surface area (Å²) in [5.41, 5.74) is 0.354. The summed E-state index contributed by atoms with van der Waals surface area (Å²) in [6.07, 6.45) is 1.74. The first-order valence-electron chi connectivity index (χ1n) is 5.19. The van der Waals surface area contributed by atoms with E-state index in [1.165, 1.54) is 24.5 Å². The van der Waals surface area contributed by atoms with Crippen LogP contribution in [0.25, 0.3) is 0 Å². The molecule has 0 fully saturated rings. The van der Waals surface area contributed by atoms with Crippen molar-refractivity contribution in [2.24, 2.45) is 0 Å². The summed E-state index contributed by atoms with van der Waals surface area (Å²) < 4.78 is 17.7. The lowest BCUT2D eigenvalue weighted by molar-refractivity contribution is 0.0953. The Bertz CT molecular complexity index is 545. The summed E-state index contributed by atoms with van der Waals surface area (Å²) in [7, 11) is 0. The minimum absolute atomic E-state index is 0.138. The normalized spacial score (nSPS) is 10.3. The molecule has 0 unspecified atom stereocenters. The predicted molar refractivity (Wildman–Crippen MR) is 64.0 cm³/mol. The molecule has 0 radical (unpaired) electrons. The van der Waals surface area contributed by atoms with Crippen molar-refractivity contribution in [3.05, 3.63) is 41.8 Å². The van der Waals surface area contributed by atoms with Gasteiger partial charge in [-0.1, -0.05) is 5.16 Å². The van der Waals surface area contributed by atoms with Crippen LogP contribution in [0.15, 0.2) is 33.9 Å². The van der Waals surface area contributed by atoms with Crippen LogP contribution in [-0.2, 0) is 6.42 Å². The monoisotopic (exact) mass is 267 g/mol. The number of amides is 1. The molecule has 7 heteroatoms. The number of benzene rings is 1. The van der Waals surface area contributed by atoms with Gasteiger partial charge in [0.25, 0.3) is 5.91 Å². The molecule has 18 heavy (non-hydrogen) atoms. The van der Waals surface area contributed by atoms with Gasteiger partial charge in [0.1, 0.15) is 5.82 Å². The van der Waals surface area contributed by atoms with Crippen LogP contribution in [0.3, 0.4) is 0 Å². The minimum Gasteiger partial charge on any atom is -0.352 e. The number of carbonyl (C=O) groups excluding carboxylic acids is 1. The largest absolute Gasteiger partial charge is 0.352 e. The van der Waals surface area contributed by atoms with Gasteiger partial charge in [-0.25, -0.2) is 4.39 Å². The fraction of sp³-hybridized carbons (Fsp3) is 0.182. The van der Waals surface area contributed by atoms with Crippen molar-refractivity contribution in [3.8, 4) is 0 Å². The molecule has 1 N–H and O–H groups in total. The Labute approximate surface area is 108 Å². The topological polar surface area (TPSA) is 68.0 Å². The molecule has 0 bridgehead atoms. The quantitative estimate of drug-likeness (QED) is 0.823. The average molecular weight is 267 g/mol. The van der Waals surface area contributed by atoms with E-state index in [0.717, 1.165) is 0 Å². The van der Waals surface area contributed by atoms with Crippen LogP contribution >= 0.6 is 12.6 Å². The molecular formula is C11H10FN3O2S. The second kappa shape index (κ2) is 5.63. The molecule has 94 valence electrons. The van der Waals surface area contributed by atoms with Gasteiger partial charge in [0, 0.05) is 23.4 Å². The van der Waals surface area contributed by atoms with Crippen LogP contribution < -0.4 is 5.32 Å². The van der Waals surface area contributed by atoms with Gasteiger partial charge in [0.15, 0.2) is 6.33 Å². The van der Waals surface area contributed by atoms with Gasteiger partial charge in [-0.2, -0.15) is 4.98 Å². The molecule has 0 aliphatic rings. The molecule has 1 amide bonds. The fourth-order valence-corrected chi connectivity index (χ4v) is 1.56. The zero-order chi connectivity index (χ0) is 13.0. The van der Waals surface area contributed by atoms with E-state index < -0.39 is 5.82 Å². The number of nitrogens with zero attached hydrogens (tertiary/aromatic N) is 2. The maximum absolute atomic E-state index is 13.0. The standard InChI is InChI=1S/C11H10FN3O2S/c12-8-2-1-7(5-9(8)18)11(16)13-4-3-10-14-6-15-17-10/h1-2,5-6,18H,3-4H2,(H,13,16). The molecular weight excluding hydrogens is 257 g/mol. The van der Waals surface area contributed by atoms with E-state index in [1.54, 1.807) is 0 Å². The first-order valence-corrected chi connectivity index (χ1v) is 5.64. The molecule has 1 heterocycles. The van der Waals surface area contributed by atoms with Crippen molar-refractivity contribution in [2.45, 2.75) is 11.3 Å². The molecule has 0 atom stereocenters. The highest BCUT2D eigenvalue weighted by molar-refractivity contribution is 7.80. The maximum Gasteiger partial charge on any atom is 0.251 e. The van der Waals surface area contributed by atoms with Crippen LogP contribution in [0, 0.1) is 5.82 Å². The van der Waals surface area contributed by atoms with E-state index in [1.807, 2.05) is 0 Å². The Kier molecular flexibility index (Phi) is 3.93. The van der Waals surface area contributed by atoms with Gasteiger partial charge in [0.2, 0.25) is 5.89 Å². The molecule has 0 aliphatic carbocycles. The first kappa shape index (κ1) is 12.6. The molecule has 0 spiro atoms. The summed E-state index contributed by atoms with van der Waals surface area (Å²) in [6.45, 7) is 0.361. The Morgan fingerprint density at radius 1 is 1.50 bits per heavy atom. The van der Waals surface area contributed by atoms with Gasteiger partial charge in [-0.15, -0.1) is 12.6 Å². The van der Waals surface area contributed by atoms with Gasteiger partial charge in [-0.3, -0.25) is 4.79 Å². The maximum atomic E-state index is 13.0. The van der Waals surface area contributed by atoms with Crippen LogP contribution in [0.1, 0.15) is 16.2 Å². The van der Waals surface area contributed by atoms with E-state index in [0.29, 0.717) is 24.4 Å². The minimum atomic E-state index is -0.458. The smallest absolute Gasteiger partial charge is 0.251 e. The summed E-state index contributed by atoms with van der Waals surface area (Å²) in [6, 6.07) is 3.98. The molecule has 0 saturated heterocycles. The van der Waals surface area contributed by atoms with E-state index in [-0.39, 0.29) is 10.8 Å². The number of nitrogens with one attached hydrogen (secondary N) is 1. The SMILES string of the molecule is O=C(NCCc1ncno1)c1ccc(F)c(S)c1. The number of carbonyl (C=O) groups is 1. The fourth-order valence-electron chi connectivity index (χ4n) is 1.35. The van der Waals surface area contributed by atoms with Gasteiger partial charge in [0.05, 0.1) is 0 Å². The average Bonchev–Trinajstić information content (AvgIpc) is 2.85. The van der Waals surface area contributed by atoms with E-state index in [4.69, 9.17) is 4.52 Å². The first-order chi connectivity index (χ1) is 8.66. The number of hydrogen-bond donors (Lipinski definition) is 2. The van der Waals surface area contributed by atoms with E-state index in [9.17, 15) is 9.18 Å². The third-order valence-corrected chi connectivity index (χ3v) is 2.58. The van der Waals surface area contributed by atoms with Gasteiger partial charge in [-0.05, 0) is 18.2 Å². The van der Waals surface area contributed by atoms with Crippen LogP contribution in [0.5, 0.6) is 0 Å². The van der Waals surface area contributed by atoms with E-state index >= 15 is 0 Å². The van der Waals surface area contributed by atoms with Crippen LogP contribution in [0.2, 0.25) is 0 Å². The Morgan fingerprint density at radius 2 is 2.33 bits per heavy atom. The Hall–Kier alpha value is -1.89. The molecule has 0 aliphatic heterocycles. The summed E-state index contributed by atoms with van der Waals surface area (Å²) in [5, 5.41) is 6.11. The van der Waals surface area contributed by atoms with Crippen molar-refractivity contribution < 1.29 is 13.7 Å². The Balaban J connectivity index is 1.89. The lowest BCUT2D eigenvalue weighted by atomic mass is 10.2.